The Bertz CT molecular complexity index is 808. The molecule has 3 rings (SSSR count). The van der Waals surface area contributed by atoms with Gasteiger partial charge >= 0.3 is 0 Å². The van der Waals surface area contributed by atoms with E-state index in [9.17, 15) is 5.26 Å². The van der Waals surface area contributed by atoms with Crippen LogP contribution < -0.4 is 5.32 Å². The number of thiocarbonyl (C=S) groups is 1. The number of anilines is 1. The lowest BCUT2D eigenvalue weighted by atomic mass is 9.74. The van der Waals surface area contributed by atoms with Crippen molar-refractivity contribution in [3.05, 3.63) is 65.2 Å². The minimum Gasteiger partial charge on any atom is -0.349 e. The van der Waals surface area contributed by atoms with Crippen molar-refractivity contribution in [3.8, 4) is 6.07 Å². The predicted molar refractivity (Wildman–Crippen MR) is 116 cm³/mol. The first kappa shape index (κ1) is 19.4. The van der Waals surface area contributed by atoms with E-state index in [-0.39, 0.29) is 0 Å². The van der Waals surface area contributed by atoms with Gasteiger partial charge < -0.3 is 10.2 Å². The fourth-order valence-electron chi connectivity index (χ4n) is 3.90. The summed E-state index contributed by atoms with van der Waals surface area (Å²) in [5, 5.41) is 14.2. The van der Waals surface area contributed by atoms with Gasteiger partial charge in [-0.15, -0.1) is 0 Å². The van der Waals surface area contributed by atoms with E-state index in [0.717, 1.165) is 55.1 Å². The minimum absolute atomic E-state index is 0.400. The van der Waals surface area contributed by atoms with E-state index < -0.39 is 5.41 Å². The molecule has 2 aromatic carbocycles. The Morgan fingerprint density at radius 1 is 1.04 bits per heavy atom. The third-order valence-corrected chi connectivity index (χ3v) is 6.04. The van der Waals surface area contributed by atoms with Crippen molar-refractivity contribution in [2.45, 2.75) is 44.9 Å². The maximum Gasteiger partial charge on any atom is 0.173 e. The highest BCUT2D eigenvalue weighted by Gasteiger charge is 2.37. The Morgan fingerprint density at radius 3 is 2.15 bits per heavy atom. The Balaban J connectivity index is 1.72. The second kappa shape index (κ2) is 8.54. The summed E-state index contributed by atoms with van der Waals surface area (Å²) in [6.45, 7) is 5.93. The summed E-state index contributed by atoms with van der Waals surface area (Å²) in [7, 11) is 0. The minimum atomic E-state index is -0.400. The molecule has 1 heterocycles. The van der Waals surface area contributed by atoms with Crippen LogP contribution in [0, 0.1) is 11.3 Å². The molecule has 1 aliphatic rings. The molecule has 1 saturated heterocycles. The third-order valence-electron chi connectivity index (χ3n) is 5.68. The molecule has 0 bridgehead atoms. The number of nitriles is 1. The van der Waals surface area contributed by atoms with Gasteiger partial charge in [-0.1, -0.05) is 62.4 Å². The topological polar surface area (TPSA) is 39.1 Å². The quantitative estimate of drug-likeness (QED) is 0.756. The molecule has 1 fully saturated rings. The number of hydrogen-bond acceptors (Lipinski definition) is 2. The number of piperidine rings is 1. The molecule has 0 amide bonds. The van der Waals surface area contributed by atoms with Crippen molar-refractivity contribution in [1.82, 2.24) is 4.90 Å². The monoisotopic (exact) mass is 377 g/mol. The van der Waals surface area contributed by atoms with Gasteiger partial charge in [0.1, 0.15) is 0 Å². The molecule has 0 radical (unpaired) electrons. The van der Waals surface area contributed by atoms with E-state index in [1.54, 1.807) is 0 Å². The zero-order valence-corrected chi connectivity index (χ0v) is 17.0. The Morgan fingerprint density at radius 2 is 1.63 bits per heavy atom. The van der Waals surface area contributed by atoms with Crippen molar-refractivity contribution in [2.75, 3.05) is 18.4 Å². The van der Waals surface area contributed by atoms with E-state index in [0.29, 0.717) is 0 Å². The molecular weight excluding hydrogens is 350 g/mol. The van der Waals surface area contributed by atoms with Crippen molar-refractivity contribution >= 4 is 23.0 Å². The highest BCUT2D eigenvalue weighted by molar-refractivity contribution is 7.80. The van der Waals surface area contributed by atoms with Crippen LogP contribution in [-0.2, 0) is 18.3 Å². The summed E-state index contributed by atoms with van der Waals surface area (Å²) < 4.78 is 0. The molecule has 1 N–H and O–H groups in total. The van der Waals surface area contributed by atoms with Crippen LogP contribution in [0.3, 0.4) is 0 Å². The summed E-state index contributed by atoms with van der Waals surface area (Å²) in [6.07, 6.45) is 3.55. The third kappa shape index (κ3) is 3.99. The number of likely N-dealkylation sites (tertiary alicyclic amines) is 1. The average molecular weight is 378 g/mol. The Labute approximate surface area is 168 Å². The average Bonchev–Trinajstić information content (AvgIpc) is 2.74. The van der Waals surface area contributed by atoms with Crippen molar-refractivity contribution in [1.29, 1.82) is 5.26 Å². The summed E-state index contributed by atoms with van der Waals surface area (Å²) in [5.74, 6) is 0. The lowest BCUT2D eigenvalue weighted by Crippen LogP contribution is -2.46. The van der Waals surface area contributed by atoms with Crippen LogP contribution in [0.2, 0.25) is 0 Å². The maximum atomic E-state index is 9.87. The van der Waals surface area contributed by atoms with Crippen LogP contribution in [0.15, 0.2) is 48.5 Å². The fraction of sp³-hybridized carbons (Fsp3) is 0.391. The number of nitrogens with zero attached hydrogens (tertiary/aromatic N) is 2. The molecule has 0 saturated carbocycles. The normalized spacial score (nSPS) is 15.8. The van der Waals surface area contributed by atoms with Crippen molar-refractivity contribution in [3.63, 3.8) is 0 Å². The maximum absolute atomic E-state index is 9.87. The summed E-state index contributed by atoms with van der Waals surface area (Å²) in [4.78, 5) is 2.21. The summed E-state index contributed by atoms with van der Waals surface area (Å²) in [6, 6.07) is 19.2. The molecule has 3 nitrogen and oxygen atoms in total. The number of rotatable bonds is 4. The molecule has 0 aromatic heterocycles. The molecule has 140 valence electrons. The molecular formula is C23H27N3S. The van der Waals surface area contributed by atoms with Gasteiger partial charge in [0, 0.05) is 18.8 Å². The number of nitrogens with one attached hydrogen (secondary N) is 1. The summed E-state index contributed by atoms with van der Waals surface area (Å²) in [5.41, 5.74) is 4.47. The van der Waals surface area contributed by atoms with Crippen molar-refractivity contribution in [2.24, 2.45) is 0 Å². The van der Waals surface area contributed by atoms with E-state index >= 15 is 0 Å². The molecule has 2 aromatic rings. The van der Waals surface area contributed by atoms with Gasteiger partial charge in [-0.2, -0.15) is 5.26 Å². The second-order valence-electron chi connectivity index (χ2n) is 7.14. The van der Waals surface area contributed by atoms with Gasteiger partial charge in [-0.25, -0.2) is 0 Å². The van der Waals surface area contributed by atoms with Gasteiger partial charge in [-0.05, 0) is 54.6 Å². The molecule has 0 aliphatic carbocycles. The predicted octanol–water partition coefficient (Wildman–Crippen LogP) is 5.07. The zero-order valence-electron chi connectivity index (χ0n) is 16.2. The Hall–Kier alpha value is -2.38. The first-order valence-corrected chi connectivity index (χ1v) is 10.2. The Kier molecular flexibility index (Phi) is 6.13. The number of aryl methyl sites for hydroxylation is 2. The van der Waals surface area contributed by atoms with Gasteiger partial charge in [-0.3, -0.25) is 0 Å². The SMILES string of the molecule is CCc1cccc(CC)c1NC(=S)N1CCC(C#N)(c2ccccc2)CC1. The second-order valence-corrected chi connectivity index (χ2v) is 7.52. The lowest BCUT2D eigenvalue weighted by molar-refractivity contribution is 0.272. The molecule has 0 atom stereocenters. The molecule has 4 heteroatoms. The van der Waals surface area contributed by atoms with Crippen LogP contribution in [-0.4, -0.2) is 23.1 Å². The molecule has 0 spiro atoms. The molecule has 0 unspecified atom stereocenters. The highest BCUT2D eigenvalue weighted by Crippen LogP contribution is 2.35. The first-order chi connectivity index (χ1) is 13.1. The summed E-state index contributed by atoms with van der Waals surface area (Å²) >= 11 is 5.73. The highest BCUT2D eigenvalue weighted by atomic mass is 32.1. The van der Waals surface area contributed by atoms with E-state index in [2.05, 4.69) is 60.5 Å². The van der Waals surface area contributed by atoms with E-state index in [4.69, 9.17) is 12.2 Å². The fourth-order valence-corrected chi connectivity index (χ4v) is 4.19. The van der Waals surface area contributed by atoms with Crippen LogP contribution >= 0.6 is 12.2 Å². The zero-order chi connectivity index (χ0) is 19.3. The number of hydrogen-bond donors (Lipinski definition) is 1. The van der Waals surface area contributed by atoms with Crippen molar-refractivity contribution < 1.29 is 0 Å². The molecule has 1 aliphatic heterocycles. The largest absolute Gasteiger partial charge is 0.349 e. The van der Waals surface area contributed by atoms with E-state index in [1.807, 2.05) is 18.2 Å². The molecule has 27 heavy (non-hydrogen) atoms. The van der Waals surface area contributed by atoms with Gasteiger partial charge in [0.05, 0.1) is 11.5 Å². The smallest absolute Gasteiger partial charge is 0.173 e. The van der Waals surface area contributed by atoms with Gasteiger partial charge in [0.2, 0.25) is 0 Å². The van der Waals surface area contributed by atoms with Crippen LogP contribution in [0.25, 0.3) is 0 Å². The van der Waals surface area contributed by atoms with Crippen LogP contribution in [0.4, 0.5) is 5.69 Å². The van der Waals surface area contributed by atoms with Gasteiger partial charge in [0.25, 0.3) is 0 Å². The number of para-hydroxylation sites is 1. The standard InChI is InChI=1S/C23H27N3S/c1-3-18-9-8-10-19(4-2)21(18)25-22(27)26-15-13-23(17-24,14-16-26)20-11-6-5-7-12-20/h5-12H,3-4,13-16H2,1-2H3,(H,25,27). The van der Waals surface area contributed by atoms with E-state index in [1.165, 1.54) is 11.1 Å². The first-order valence-electron chi connectivity index (χ1n) is 9.77. The van der Waals surface area contributed by atoms with Crippen LogP contribution in [0.1, 0.15) is 43.4 Å². The lowest BCUT2D eigenvalue weighted by Gasteiger charge is -2.39. The van der Waals surface area contributed by atoms with Gasteiger partial charge in [0.15, 0.2) is 5.11 Å². The van der Waals surface area contributed by atoms with Crippen LogP contribution in [0.5, 0.6) is 0 Å². The number of benzene rings is 2.